The average Bonchev–Trinajstić information content (AvgIpc) is 2.28. The maximum Gasteiger partial charge on any atom is 0.225 e. The number of benzene rings is 1. The smallest absolute Gasteiger partial charge is 0.225 e. The maximum atomic E-state index is 11.5. The number of hydrogen-bond donors (Lipinski definition) is 2. The summed E-state index contributed by atoms with van der Waals surface area (Å²) >= 11 is 4.04. The van der Waals surface area contributed by atoms with Crippen LogP contribution in [0.3, 0.4) is 0 Å². The van der Waals surface area contributed by atoms with Gasteiger partial charge in [0.05, 0.1) is 7.11 Å². The molecule has 100 valence electrons. The number of carbonyl (C=O) groups is 1. The van der Waals surface area contributed by atoms with E-state index in [9.17, 15) is 4.79 Å². The van der Waals surface area contributed by atoms with E-state index >= 15 is 0 Å². The third-order valence-corrected chi connectivity index (χ3v) is 2.85. The highest BCUT2D eigenvalue weighted by Gasteiger charge is 2.19. The predicted octanol–water partition coefficient (Wildman–Crippen LogP) is 3.25. The lowest BCUT2D eigenvalue weighted by Crippen LogP contribution is -2.15. The van der Waals surface area contributed by atoms with E-state index in [0.717, 1.165) is 17.0 Å². The average molecular weight is 267 g/mol. The van der Waals surface area contributed by atoms with Crippen LogP contribution in [0.15, 0.2) is 18.2 Å². The summed E-state index contributed by atoms with van der Waals surface area (Å²) in [6.07, 6.45) is 0.417. The van der Waals surface area contributed by atoms with E-state index in [0.29, 0.717) is 12.2 Å². The van der Waals surface area contributed by atoms with E-state index in [2.05, 4.69) is 38.7 Å². The Kier molecular flexibility index (Phi) is 5.08. The second kappa shape index (κ2) is 6.14. The lowest BCUT2D eigenvalue weighted by atomic mass is 9.86. The van der Waals surface area contributed by atoms with Crippen LogP contribution in [0.4, 0.5) is 5.69 Å². The van der Waals surface area contributed by atoms with Gasteiger partial charge >= 0.3 is 0 Å². The van der Waals surface area contributed by atoms with Gasteiger partial charge in [0.25, 0.3) is 0 Å². The molecule has 0 aliphatic rings. The second-order valence-electron chi connectivity index (χ2n) is 5.19. The molecule has 0 spiro atoms. The van der Waals surface area contributed by atoms with Crippen LogP contribution in [0.5, 0.6) is 5.75 Å². The highest BCUT2D eigenvalue weighted by molar-refractivity contribution is 7.80. The number of hydrogen-bond acceptors (Lipinski definition) is 3. The van der Waals surface area contributed by atoms with Gasteiger partial charge in [-0.2, -0.15) is 12.6 Å². The Bertz CT molecular complexity index is 424. The highest BCUT2D eigenvalue weighted by atomic mass is 32.1. The lowest BCUT2D eigenvalue weighted by Gasteiger charge is -2.23. The van der Waals surface area contributed by atoms with Crippen molar-refractivity contribution >= 4 is 24.2 Å². The van der Waals surface area contributed by atoms with Gasteiger partial charge in [0.2, 0.25) is 5.91 Å². The molecule has 0 heterocycles. The first-order chi connectivity index (χ1) is 8.38. The minimum atomic E-state index is -0.0321. The van der Waals surface area contributed by atoms with E-state index in [1.54, 1.807) is 7.11 Å². The van der Waals surface area contributed by atoms with Crippen molar-refractivity contribution in [3.8, 4) is 5.75 Å². The summed E-state index contributed by atoms with van der Waals surface area (Å²) in [5.41, 5.74) is 1.84. The molecule has 1 aromatic rings. The van der Waals surface area contributed by atoms with Crippen molar-refractivity contribution < 1.29 is 9.53 Å². The Morgan fingerprint density at radius 1 is 1.39 bits per heavy atom. The van der Waals surface area contributed by atoms with Crippen molar-refractivity contribution in [3.63, 3.8) is 0 Å². The molecular weight excluding hydrogens is 246 g/mol. The van der Waals surface area contributed by atoms with E-state index in [-0.39, 0.29) is 11.3 Å². The summed E-state index contributed by atoms with van der Waals surface area (Å²) in [5, 5.41) is 2.86. The lowest BCUT2D eigenvalue weighted by molar-refractivity contribution is -0.115. The van der Waals surface area contributed by atoms with Gasteiger partial charge in [0, 0.05) is 17.7 Å². The minimum Gasteiger partial charge on any atom is -0.496 e. The first-order valence-electron chi connectivity index (χ1n) is 5.97. The summed E-state index contributed by atoms with van der Waals surface area (Å²) in [7, 11) is 1.66. The summed E-state index contributed by atoms with van der Waals surface area (Å²) < 4.78 is 5.35. The molecule has 0 aromatic heterocycles. The third-order valence-electron chi connectivity index (χ3n) is 2.63. The zero-order chi connectivity index (χ0) is 13.8. The van der Waals surface area contributed by atoms with Gasteiger partial charge in [-0.15, -0.1) is 0 Å². The van der Waals surface area contributed by atoms with Gasteiger partial charge in [0.15, 0.2) is 0 Å². The van der Waals surface area contributed by atoms with Gasteiger partial charge in [-0.1, -0.05) is 20.8 Å². The van der Waals surface area contributed by atoms with Crippen LogP contribution in [0.25, 0.3) is 0 Å². The number of ether oxygens (including phenoxy) is 1. The number of methoxy groups -OCH3 is 1. The summed E-state index contributed by atoms with van der Waals surface area (Å²) in [6.45, 7) is 6.35. The molecule has 0 fully saturated rings. The third kappa shape index (κ3) is 3.95. The summed E-state index contributed by atoms with van der Waals surface area (Å²) in [4.78, 5) is 11.5. The molecule has 0 atom stereocenters. The Morgan fingerprint density at radius 2 is 2.06 bits per heavy atom. The van der Waals surface area contributed by atoms with Gasteiger partial charge < -0.3 is 10.1 Å². The first-order valence-corrected chi connectivity index (χ1v) is 6.61. The molecule has 0 radical (unpaired) electrons. The standard InChI is InChI=1S/C14H21NO2S/c1-14(2,3)11-9-10(5-6-12(11)17-4)15-13(16)7-8-18/h5-6,9,18H,7-8H2,1-4H3,(H,15,16). The number of nitrogens with one attached hydrogen (secondary N) is 1. The molecule has 0 unspecified atom stereocenters. The van der Waals surface area contributed by atoms with Gasteiger partial charge in [0.1, 0.15) is 5.75 Å². The van der Waals surface area contributed by atoms with Crippen molar-refractivity contribution in [1.29, 1.82) is 0 Å². The van der Waals surface area contributed by atoms with E-state index in [1.165, 1.54) is 0 Å². The number of carbonyl (C=O) groups excluding carboxylic acids is 1. The van der Waals surface area contributed by atoms with Crippen LogP contribution < -0.4 is 10.1 Å². The van der Waals surface area contributed by atoms with Crippen LogP contribution in [-0.4, -0.2) is 18.8 Å². The van der Waals surface area contributed by atoms with Crippen molar-refractivity contribution in [1.82, 2.24) is 0 Å². The molecular formula is C14H21NO2S. The molecule has 1 N–H and O–H groups in total. The molecule has 0 saturated carbocycles. The monoisotopic (exact) mass is 267 g/mol. The van der Waals surface area contributed by atoms with Crippen molar-refractivity contribution in [2.45, 2.75) is 32.6 Å². The van der Waals surface area contributed by atoms with Crippen LogP contribution >= 0.6 is 12.6 Å². The Balaban J connectivity index is 3.00. The quantitative estimate of drug-likeness (QED) is 0.822. The number of rotatable bonds is 4. The topological polar surface area (TPSA) is 38.3 Å². The summed E-state index contributed by atoms with van der Waals surface area (Å²) in [6, 6.07) is 5.70. The Labute approximate surface area is 114 Å². The van der Waals surface area contributed by atoms with Crippen LogP contribution in [0, 0.1) is 0 Å². The SMILES string of the molecule is COc1ccc(NC(=O)CCS)cc1C(C)(C)C. The van der Waals surface area contributed by atoms with Crippen LogP contribution in [-0.2, 0) is 10.2 Å². The van der Waals surface area contributed by atoms with Crippen molar-refractivity contribution in [2.24, 2.45) is 0 Å². The fourth-order valence-electron chi connectivity index (χ4n) is 1.70. The van der Waals surface area contributed by atoms with Crippen LogP contribution in [0.2, 0.25) is 0 Å². The largest absolute Gasteiger partial charge is 0.496 e. The highest BCUT2D eigenvalue weighted by Crippen LogP contribution is 2.33. The molecule has 3 nitrogen and oxygen atoms in total. The zero-order valence-electron chi connectivity index (χ0n) is 11.4. The molecule has 0 bridgehead atoms. The van der Waals surface area contributed by atoms with Gasteiger partial charge in [-0.05, 0) is 29.4 Å². The molecule has 4 heteroatoms. The fraction of sp³-hybridized carbons (Fsp3) is 0.500. The van der Waals surface area contributed by atoms with Crippen molar-refractivity contribution in [2.75, 3.05) is 18.2 Å². The van der Waals surface area contributed by atoms with E-state index < -0.39 is 0 Å². The second-order valence-corrected chi connectivity index (χ2v) is 5.63. The van der Waals surface area contributed by atoms with E-state index in [1.807, 2.05) is 18.2 Å². The van der Waals surface area contributed by atoms with Gasteiger partial charge in [-0.3, -0.25) is 4.79 Å². The number of amides is 1. The molecule has 0 aliphatic carbocycles. The minimum absolute atomic E-state index is 0.0185. The number of thiol groups is 1. The normalized spacial score (nSPS) is 11.2. The molecule has 1 amide bonds. The molecule has 1 rings (SSSR count). The van der Waals surface area contributed by atoms with E-state index in [4.69, 9.17) is 4.74 Å². The number of anilines is 1. The Hall–Kier alpha value is -1.16. The Morgan fingerprint density at radius 3 is 2.56 bits per heavy atom. The van der Waals surface area contributed by atoms with Crippen LogP contribution in [0.1, 0.15) is 32.8 Å². The summed E-state index contributed by atoms with van der Waals surface area (Å²) in [5.74, 6) is 1.37. The zero-order valence-corrected chi connectivity index (χ0v) is 12.3. The fourth-order valence-corrected chi connectivity index (χ4v) is 1.90. The molecule has 0 saturated heterocycles. The molecule has 0 aliphatic heterocycles. The first kappa shape index (κ1) is 14.9. The molecule has 18 heavy (non-hydrogen) atoms. The maximum absolute atomic E-state index is 11.5. The van der Waals surface area contributed by atoms with Crippen molar-refractivity contribution in [3.05, 3.63) is 23.8 Å². The van der Waals surface area contributed by atoms with Gasteiger partial charge in [-0.25, -0.2) is 0 Å². The molecule has 1 aromatic carbocycles. The predicted molar refractivity (Wildman–Crippen MR) is 78.8 cm³/mol.